The van der Waals surface area contributed by atoms with E-state index < -0.39 is 5.97 Å². The fourth-order valence-corrected chi connectivity index (χ4v) is 2.19. The summed E-state index contributed by atoms with van der Waals surface area (Å²) in [4.78, 5) is 22.5. The van der Waals surface area contributed by atoms with E-state index in [0.29, 0.717) is 24.9 Å². The Morgan fingerprint density at radius 3 is 2.68 bits per heavy atom. The normalized spacial score (nSPS) is 11.9. The first-order valence-electron chi connectivity index (χ1n) is 6.19. The molecule has 104 valence electrons. The fourth-order valence-electron chi connectivity index (χ4n) is 1.71. The van der Waals surface area contributed by atoms with Crippen LogP contribution in [0.1, 0.15) is 35.7 Å². The number of hydrogen-bond donors (Lipinski definition) is 2. The van der Waals surface area contributed by atoms with Crippen LogP contribution in [0.15, 0.2) is 22.7 Å². The number of nitrogens with one attached hydrogen (secondary N) is 1. The second-order valence-electron chi connectivity index (χ2n) is 4.60. The minimum absolute atomic E-state index is 0.118. The molecule has 1 unspecified atom stereocenters. The molecule has 0 fully saturated rings. The number of amides is 1. The van der Waals surface area contributed by atoms with Gasteiger partial charge in [0.1, 0.15) is 0 Å². The van der Waals surface area contributed by atoms with Gasteiger partial charge in [-0.05, 0) is 43.5 Å². The average Bonchev–Trinajstić information content (AvgIpc) is 2.33. The van der Waals surface area contributed by atoms with Crippen molar-refractivity contribution in [2.75, 3.05) is 6.54 Å². The Morgan fingerprint density at radius 2 is 2.11 bits per heavy atom. The lowest BCUT2D eigenvalue weighted by atomic mass is 10.1. The second-order valence-corrected chi connectivity index (χ2v) is 5.51. The number of rotatable bonds is 6. The van der Waals surface area contributed by atoms with Crippen LogP contribution in [0.5, 0.6) is 0 Å². The number of benzene rings is 1. The van der Waals surface area contributed by atoms with Gasteiger partial charge >= 0.3 is 5.97 Å². The second kappa shape index (κ2) is 7.28. The summed E-state index contributed by atoms with van der Waals surface area (Å²) >= 11 is 3.35. The van der Waals surface area contributed by atoms with Crippen LogP contribution in [0.2, 0.25) is 0 Å². The first-order chi connectivity index (χ1) is 8.91. The van der Waals surface area contributed by atoms with Gasteiger partial charge in [0.25, 0.3) is 5.91 Å². The van der Waals surface area contributed by atoms with Gasteiger partial charge in [0.2, 0.25) is 0 Å². The Hall–Kier alpha value is -1.36. The number of hydrogen-bond acceptors (Lipinski definition) is 2. The van der Waals surface area contributed by atoms with Gasteiger partial charge in [-0.2, -0.15) is 0 Å². The van der Waals surface area contributed by atoms with Crippen molar-refractivity contribution >= 4 is 27.8 Å². The zero-order valence-electron chi connectivity index (χ0n) is 11.1. The van der Waals surface area contributed by atoms with Gasteiger partial charge < -0.3 is 10.4 Å². The molecule has 0 aliphatic carbocycles. The van der Waals surface area contributed by atoms with Crippen molar-refractivity contribution < 1.29 is 14.7 Å². The van der Waals surface area contributed by atoms with Crippen molar-refractivity contribution in [3.8, 4) is 0 Å². The molecule has 0 bridgehead atoms. The molecule has 1 rings (SSSR count). The zero-order valence-corrected chi connectivity index (χ0v) is 12.7. The number of carbonyl (C=O) groups is 2. The average molecular weight is 328 g/mol. The molecule has 19 heavy (non-hydrogen) atoms. The minimum Gasteiger partial charge on any atom is -0.481 e. The highest BCUT2D eigenvalue weighted by Gasteiger charge is 2.11. The van der Waals surface area contributed by atoms with Crippen LogP contribution in [-0.2, 0) is 4.79 Å². The molecule has 0 saturated heterocycles. The quantitative estimate of drug-likeness (QED) is 0.789. The first-order valence-corrected chi connectivity index (χ1v) is 6.98. The van der Waals surface area contributed by atoms with E-state index in [1.807, 2.05) is 19.1 Å². The highest BCUT2D eigenvalue weighted by atomic mass is 79.9. The first kappa shape index (κ1) is 15.7. The molecule has 0 aliphatic heterocycles. The van der Waals surface area contributed by atoms with Crippen LogP contribution in [0, 0.1) is 12.8 Å². The van der Waals surface area contributed by atoms with Gasteiger partial charge in [0, 0.05) is 16.6 Å². The number of aliphatic carboxylic acids is 1. The molecule has 1 aromatic rings. The van der Waals surface area contributed by atoms with Crippen molar-refractivity contribution in [3.05, 3.63) is 33.8 Å². The van der Waals surface area contributed by atoms with Crippen LogP contribution in [0.25, 0.3) is 0 Å². The summed E-state index contributed by atoms with van der Waals surface area (Å²) in [5.41, 5.74) is 1.56. The van der Waals surface area contributed by atoms with Gasteiger partial charge in [-0.1, -0.05) is 22.9 Å². The van der Waals surface area contributed by atoms with Gasteiger partial charge in [0.05, 0.1) is 5.92 Å². The SMILES string of the molecule is Cc1cc(Br)ccc1C(=O)NCCCC(C)C(=O)O. The van der Waals surface area contributed by atoms with E-state index in [4.69, 9.17) is 5.11 Å². The fraction of sp³-hybridized carbons (Fsp3) is 0.429. The zero-order chi connectivity index (χ0) is 14.4. The smallest absolute Gasteiger partial charge is 0.306 e. The Bertz CT molecular complexity index is 474. The monoisotopic (exact) mass is 327 g/mol. The third-order valence-corrected chi connectivity index (χ3v) is 3.45. The molecule has 0 saturated carbocycles. The molecule has 5 heteroatoms. The molecule has 0 spiro atoms. The highest BCUT2D eigenvalue weighted by Crippen LogP contribution is 2.15. The van der Waals surface area contributed by atoms with E-state index in [1.54, 1.807) is 13.0 Å². The Labute approximate surface area is 121 Å². The molecule has 4 nitrogen and oxygen atoms in total. The third-order valence-electron chi connectivity index (χ3n) is 2.95. The Kier molecular flexibility index (Phi) is 6.02. The Balaban J connectivity index is 2.41. The van der Waals surface area contributed by atoms with Crippen LogP contribution < -0.4 is 5.32 Å². The van der Waals surface area contributed by atoms with E-state index >= 15 is 0 Å². The molecule has 2 N–H and O–H groups in total. The molecule has 0 radical (unpaired) electrons. The third kappa shape index (κ3) is 5.03. The minimum atomic E-state index is -0.796. The number of carbonyl (C=O) groups excluding carboxylic acids is 1. The number of aryl methyl sites for hydroxylation is 1. The summed E-state index contributed by atoms with van der Waals surface area (Å²) < 4.78 is 0.942. The lowest BCUT2D eigenvalue weighted by Gasteiger charge is -2.09. The van der Waals surface area contributed by atoms with Crippen molar-refractivity contribution in [2.24, 2.45) is 5.92 Å². The van der Waals surface area contributed by atoms with Crippen LogP contribution in [0.4, 0.5) is 0 Å². The topological polar surface area (TPSA) is 66.4 Å². The maximum atomic E-state index is 11.9. The van der Waals surface area contributed by atoms with Crippen LogP contribution >= 0.6 is 15.9 Å². The van der Waals surface area contributed by atoms with Crippen molar-refractivity contribution in [1.29, 1.82) is 0 Å². The van der Waals surface area contributed by atoms with Crippen molar-refractivity contribution in [2.45, 2.75) is 26.7 Å². The summed E-state index contributed by atoms with van der Waals surface area (Å²) in [6.07, 6.45) is 1.23. The molecule has 1 amide bonds. The largest absolute Gasteiger partial charge is 0.481 e. The van der Waals surface area contributed by atoms with Crippen LogP contribution in [-0.4, -0.2) is 23.5 Å². The van der Waals surface area contributed by atoms with E-state index in [2.05, 4.69) is 21.2 Å². The molecular weight excluding hydrogens is 310 g/mol. The summed E-state index contributed by atoms with van der Waals surface area (Å²) in [5, 5.41) is 11.5. The molecule has 1 aromatic carbocycles. The highest BCUT2D eigenvalue weighted by molar-refractivity contribution is 9.10. The maximum Gasteiger partial charge on any atom is 0.306 e. The molecule has 0 heterocycles. The van der Waals surface area contributed by atoms with E-state index in [0.717, 1.165) is 10.0 Å². The lowest BCUT2D eigenvalue weighted by molar-refractivity contribution is -0.141. The van der Waals surface area contributed by atoms with Gasteiger partial charge in [0.15, 0.2) is 0 Å². The Morgan fingerprint density at radius 1 is 1.42 bits per heavy atom. The summed E-state index contributed by atoms with van der Waals surface area (Å²) in [5.74, 6) is -1.28. The van der Waals surface area contributed by atoms with Crippen molar-refractivity contribution in [1.82, 2.24) is 5.32 Å². The number of halogens is 1. The summed E-state index contributed by atoms with van der Waals surface area (Å²) in [6.45, 7) is 4.04. The molecule has 1 atom stereocenters. The lowest BCUT2D eigenvalue weighted by Crippen LogP contribution is -2.25. The van der Waals surface area contributed by atoms with Gasteiger partial charge in [-0.25, -0.2) is 0 Å². The van der Waals surface area contributed by atoms with E-state index in [9.17, 15) is 9.59 Å². The predicted molar refractivity (Wildman–Crippen MR) is 77.2 cm³/mol. The number of carboxylic acids is 1. The molecular formula is C14H18BrNO3. The predicted octanol–water partition coefficient (Wildman–Crippen LogP) is 2.99. The number of carboxylic acid groups (broad SMARTS) is 1. The van der Waals surface area contributed by atoms with E-state index in [1.165, 1.54) is 0 Å². The summed E-state index contributed by atoms with van der Waals surface area (Å²) in [7, 11) is 0. The van der Waals surface area contributed by atoms with Gasteiger partial charge in [-0.3, -0.25) is 9.59 Å². The molecule has 0 aromatic heterocycles. The summed E-state index contributed by atoms with van der Waals surface area (Å²) in [6, 6.07) is 5.49. The van der Waals surface area contributed by atoms with Crippen LogP contribution in [0.3, 0.4) is 0 Å². The maximum absolute atomic E-state index is 11.9. The van der Waals surface area contributed by atoms with E-state index in [-0.39, 0.29) is 11.8 Å². The standard InChI is InChI=1S/C14H18BrNO3/c1-9(14(18)19)4-3-7-16-13(17)12-6-5-11(15)8-10(12)2/h5-6,8-9H,3-4,7H2,1-2H3,(H,16,17)(H,18,19). The van der Waals surface area contributed by atoms with Crippen molar-refractivity contribution in [3.63, 3.8) is 0 Å². The van der Waals surface area contributed by atoms with Gasteiger partial charge in [-0.15, -0.1) is 0 Å². The molecule has 0 aliphatic rings.